The molecule has 0 bridgehead atoms. The maximum Gasteiger partial charge on any atom is 0.252 e. The minimum absolute atomic E-state index is 0.0102. The van der Waals surface area contributed by atoms with Gasteiger partial charge in [-0.3, -0.25) is 4.79 Å². The Morgan fingerprint density at radius 3 is 2.52 bits per heavy atom. The first-order valence-corrected chi connectivity index (χ1v) is 11.9. The van der Waals surface area contributed by atoms with Crippen LogP contribution in [-0.4, -0.2) is 30.4 Å². The van der Waals surface area contributed by atoms with Crippen LogP contribution in [0.3, 0.4) is 0 Å². The van der Waals surface area contributed by atoms with E-state index in [-0.39, 0.29) is 17.0 Å². The van der Waals surface area contributed by atoms with E-state index in [4.69, 9.17) is 4.98 Å². The van der Waals surface area contributed by atoms with E-state index < -0.39 is 22.0 Å². The van der Waals surface area contributed by atoms with Crippen molar-refractivity contribution in [3.8, 4) is 0 Å². The molecule has 3 aromatic carbocycles. The Morgan fingerprint density at radius 1 is 1.06 bits per heavy atom. The summed E-state index contributed by atoms with van der Waals surface area (Å²) < 4.78 is 29.3. The van der Waals surface area contributed by atoms with Gasteiger partial charge in [-0.1, -0.05) is 54.6 Å². The summed E-state index contributed by atoms with van der Waals surface area (Å²) in [5, 5.41) is 3.04. The fraction of sp³-hybridized carbons (Fsp3) is 0.120. The molecule has 1 amide bonds. The molecule has 0 aliphatic rings. The van der Waals surface area contributed by atoms with Crippen LogP contribution >= 0.6 is 0 Å². The van der Waals surface area contributed by atoms with Crippen molar-refractivity contribution in [1.29, 1.82) is 0 Å². The van der Waals surface area contributed by atoms with Crippen LogP contribution in [0.1, 0.15) is 27.8 Å². The fourth-order valence-corrected chi connectivity index (χ4v) is 4.68. The molecule has 8 heteroatoms. The third kappa shape index (κ3) is 4.72. The Morgan fingerprint density at radius 2 is 1.79 bits per heavy atom. The molecule has 7 nitrogen and oxygen atoms in total. The second-order valence-corrected chi connectivity index (χ2v) is 9.27. The molecular weight excluding hydrogens is 436 g/mol. The molecule has 2 N–H and O–H groups in total. The summed E-state index contributed by atoms with van der Waals surface area (Å²) >= 11 is 0. The number of carbonyl (C=O) groups is 1. The number of sulfonamides is 1. The highest BCUT2D eigenvalue weighted by atomic mass is 32.2. The zero-order chi connectivity index (χ0) is 23.4. The third-order valence-corrected chi connectivity index (χ3v) is 6.73. The Balaban J connectivity index is 1.70. The molecule has 0 radical (unpaired) electrons. The molecule has 0 saturated heterocycles. The molecule has 0 spiro atoms. The number of carbonyl (C=O) groups excluding carboxylic acids is 1. The number of imidazole rings is 1. The van der Waals surface area contributed by atoms with Crippen molar-refractivity contribution in [2.75, 3.05) is 6.54 Å². The van der Waals surface area contributed by atoms with Gasteiger partial charge in [0.1, 0.15) is 11.9 Å². The molecule has 0 saturated carbocycles. The molecule has 4 rings (SSSR count). The van der Waals surface area contributed by atoms with Gasteiger partial charge in [0, 0.05) is 19.2 Å². The van der Waals surface area contributed by atoms with Gasteiger partial charge in [0.15, 0.2) is 0 Å². The average Bonchev–Trinajstić information content (AvgIpc) is 3.18. The summed E-state index contributed by atoms with van der Waals surface area (Å²) in [5.74, 6) is 0.267. The topological polar surface area (TPSA) is 93.1 Å². The molecule has 0 aliphatic carbocycles. The Kier molecular flexibility index (Phi) is 6.39. The monoisotopic (exact) mass is 460 g/mol. The highest BCUT2D eigenvalue weighted by Crippen LogP contribution is 2.25. The first-order chi connectivity index (χ1) is 15.9. The van der Waals surface area contributed by atoms with Crippen molar-refractivity contribution in [3.05, 3.63) is 108 Å². The maximum atomic E-state index is 13.2. The number of aryl methyl sites for hydroxylation is 1. The van der Waals surface area contributed by atoms with Crippen LogP contribution in [0.4, 0.5) is 0 Å². The number of nitrogens with one attached hydrogen (secondary N) is 2. The summed E-state index contributed by atoms with van der Waals surface area (Å²) in [6.07, 6.45) is 1.45. The molecule has 168 valence electrons. The van der Waals surface area contributed by atoms with E-state index in [0.717, 1.165) is 16.6 Å². The highest BCUT2D eigenvalue weighted by Gasteiger charge is 2.24. The Hall–Kier alpha value is -3.75. The first kappa shape index (κ1) is 22.4. The van der Waals surface area contributed by atoms with Gasteiger partial charge < -0.3 is 9.88 Å². The van der Waals surface area contributed by atoms with E-state index in [1.54, 1.807) is 12.1 Å². The summed E-state index contributed by atoms with van der Waals surface area (Å²) in [4.78, 5) is 18.0. The van der Waals surface area contributed by atoms with Crippen LogP contribution in [0.15, 0.2) is 96.4 Å². The minimum Gasteiger partial charge on any atom is -0.338 e. The third-order valence-electron chi connectivity index (χ3n) is 5.31. The zero-order valence-electron chi connectivity index (χ0n) is 18.1. The van der Waals surface area contributed by atoms with Crippen molar-refractivity contribution < 1.29 is 13.2 Å². The van der Waals surface area contributed by atoms with Crippen molar-refractivity contribution in [2.45, 2.75) is 10.9 Å². The van der Waals surface area contributed by atoms with E-state index >= 15 is 0 Å². The van der Waals surface area contributed by atoms with Gasteiger partial charge in [-0.2, -0.15) is 0 Å². The molecule has 1 aromatic heterocycles. The number of fused-ring (bicyclic) bond motifs is 1. The predicted octanol–water partition coefficient (Wildman–Crippen LogP) is 3.56. The predicted molar refractivity (Wildman–Crippen MR) is 128 cm³/mol. The summed E-state index contributed by atoms with van der Waals surface area (Å²) in [6.45, 7) is 3.62. The second kappa shape index (κ2) is 9.40. The normalized spacial score (nSPS) is 12.4. The number of aromatic nitrogens is 2. The number of nitrogens with zero attached hydrogens (tertiary/aromatic N) is 2. The van der Waals surface area contributed by atoms with Gasteiger partial charge in [0.2, 0.25) is 10.0 Å². The van der Waals surface area contributed by atoms with Crippen LogP contribution in [0, 0.1) is 0 Å². The van der Waals surface area contributed by atoms with Crippen LogP contribution < -0.4 is 10.0 Å². The van der Waals surface area contributed by atoms with Gasteiger partial charge in [0.05, 0.1) is 15.9 Å². The number of hydrogen-bond donors (Lipinski definition) is 2. The molecule has 4 aromatic rings. The molecule has 0 fully saturated rings. The Labute approximate surface area is 192 Å². The molecule has 1 unspecified atom stereocenters. The van der Waals surface area contributed by atoms with Crippen molar-refractivity contribution in [1.82, 2.24) is 19.6 Å². The maximum absolute atomic E-state index is 13.2. The number of hydrogen-bond acceptors (Lipinski definition) is 4. The minimum atomic E-state index is -3.75. The summed E-state index contributed by atoms with van der Waals surface area (Å²) in [7, 11) is -1.85. The van der Waals surface area contributed by atoms with Crippen LogP contribution in [0.2, 0.25) is 0 Å². The smallest absolute Gasteiger partial charge is 0.252 e. The first-order valence-electron chi connectivity index (χ1n) is 10.4. The number of benzene rings is 3. The van der Waals surface area contributed by atoms with Gasteiger partial charge >= 0.3 is 0 Å². The van der Waals surface area contributed by atoms with Gasteiger partial charge in [-0.15, -0.1) is 6.58 Å². The van der Waals surface area contributed by atoms with Crippen LogP contribution in [-0.2, 0) is 17.1 Å². The molecule has 33 heavy (non-hydrogen) atoms. The molecular formula is C25H24N4O3S. The van der Waals surface area contributed by atoms with E-state index in [1.165, 1.54) is 18.2 Å². The van der Waals surface area contributed by atoms with Crippen molar-refractivity contribution in [2.24, 2.45) is 7.05 Å². The molecule has 1 atom stereocenters. The zero-order valence-corrected chi connectivity index (χ0v) is 18.9. The quantitative estimate of drug-likeness (QED) is 0.393. The second-order valence-electron chi connectivity index (χ2n) is 7.50. The Bertz CT molecular complexity index is 1410. The summed E-state index contributed by atoms with van der Waals surface area (Å²) in [5.41, 5.74) is 2.87. The van der Waals surface area contributed by atoms with Gasteiger partial charge in [-0.05, 0) is 35.9 Å². The van der Waals surface area contributed by atoms with Gasteiger partial charge in [0.25, 0.3) is 5.91 Å². The van der Waals surface area contributed by atoms with Gasteiger partial charge in [-0.25, -0.2) is 18.1 Å². The number of para-hydroxylation sites is 2. The van der Waals surface area contributed by atoms with Crippen LogP contribution in [0.25, 0.3) is 11.0 Å². The van der Waals surface area contributed by atoms with Crippen LogP contribution in [0.5, 0.6) is 0 Å². The van der Waals surface area contributed by atoms with Crippen molar-refractivity contribution >= 4 is 27.0 Å². The fourth-order valence-electron chi connectivity index (χ4n) is 3.64. The largest absolute Gasteiger partial charge is 0.338 e. The average molecular weight is 461 g/mol. The summed E-state index contributed by atoms with van der Waals surface area (Å²) in [6, 6.07) is 22.7. The highest BCUT2D eigenvalue weighted by molar-refractivity contribution is 7.89. The lowest BCUT2D eigenvalue weighted by atomic mass is 10.1. The van der Waals surface area contributed by atoms with E-state index in [1.807, 2.05) is 66.2 Å². The molecule has 0 aliphatic heterocycles. The lowest BCUT2D eigenvalue weighted by molar-refractivity contribution is 0.0941. The standard InChI is InChI=1S/C25H24N4O3S/c1-3-16-26-33(31,32)20-13-9-12-19(17-20)25(30)28-23(18-10-5-4-6-11-18)24-27-21-14-7-8-15-22(21)29(24)2/h3-15,17,23,26H,1,16H2,2H3,(H,28,30). The number of rotatable bonds is 8. The van der Waals surface area contributed by atoms with E-state index in [2.05, 4.69) is 16.6 Å². The lowest BCUT2D eigenvalue weighted by Gasteiger charge is -2.19. The lowest BCUT2D eigenvalue weighted by Crippen LogP contribution is -2.31. The van der Waals surface area contributed by atoms with E-state index in [9.17, 15) is 13.2 Å². The molecule has 1 heterocycles. The number of amides is 1. The van der Waals surface area contributed by atoms with Crippen molar-refractivity contribution in [3.63, 3.8) is 0 Å². The van der Waals surface area contributed by atoms with E-state index in [0.29, 0.717) is 5.82 Å². The SMILES string of the molecule is C=CCNS(=O)(=O)c1cccc(C(=O)NC(c2ccccc2)c2nc3ccccc3n2C)c1.